The van der Waals surface area contributed by atoms with Gasteiger partial charge in [0.2, 0.25) is 7.58 Å². The molecule has 0 fully saturated rings. The van der Waals surface area contributed by atoms with Crippen LogP contribution in [0.4, 0.5) is 0 Å². The predicted molar refractivity (Wildman–Crippen MR) is 80.5 cm³/mol. The summed E-state index contributed by atoms with van der Waals surface area (Å²) in [5.74, 6) is 0. The van der Waals surface area contributed by atoms with Crippen molar-refractivity contribution < 1.29 is 9.42 Å². The van der Waals surface area contributed by atoms with Gasteiger partial charge in [0.15, 0.2) is 0 Å². The zero-order valence-electron chi connectivity index (χ0n) is 11.2. The molecule has 0 saturated heterocycles. The number of hydrogen-bond donors (Lipinski definition) is 2. The van der Waals surface area contributed by atoms with Crippen LogP contribution >= 0.6 is 19.8 Å². The van der Waals surface area contributed by atoms with E-state index in [9.17, 15) is 0 Å². The average Bonchev–Trinajstić information content (AvgIpc) is 2.30. The van der Waals surface area contributed by atoms with E-state index < -0.39 is 7.58 Å². The first-order valence-corrected chi connectivity index (χ1v) is 9.44. The Bertz CT molecular complexity index is 145. The Balaban J connectivity index is 2.89. The van der Waals surface area contributed by atoms with E-state index in [2.05, 4.69) is 19.2 Å². The Kier molecular flexibility index (Phi) is 15.4. The summed E-state index contributed by atoms with van der Waals surface area (Å²) in [5.41, 5.74) is 0. The van der Waals surface area contributed by atoms with Crippen molar-refractivity contribution in [3.63, 3.8) is 0 Å². The molecule has 1 atom stereocenters. The Morgan fingerprint density at radius 2 is 1.24 bits per heavy atom. The zero-order valence-corrected chi connectivity index (χ0v) is 13.0. The summed E-state index contributed by atoms with van der Waals surface area (Å²) < 4.78 is 5.01. The molecule has 4 heteroatoms. The standard InChI is InChI=1S/C13H29O2PS/c1-2-3-4-5-6-7-8-9-10-11-12-13-15-16(14)17/h14,17H,2-13H2,1H3. The lowest BCUT2D eigenvalue weighted by Crippen LogP contribution is -1.88. The van der Waals surface area contributed by atoms with Crippen molar-refractivity contribution in [3.8, 4) is 0 Å². The lowest BCUT2D eigenvalue weighted by atomic mass is 10.1. The van der Waals surface area contributed by atoms with Gasteiger partial charge in [0.25, 0.3) is 0 Å². The van der Waals surface area contributed by atoms with E-state index in [0.717, 1.165) is 6.42 Å². The van der Waals surface area contributed by atoms with E-state index in [1.54, 1.807) is 0 Å². The van der Waals surface area contributed by atoms with Gasteiger partial charge in [-0.3, -0.25) is 0 Å². The second kappa shape index (κ2) is 14.8. The normalized spacial score (nSPS) is 12.9. The van der Waals surface area contributed by atoms with Crippen LogP contribution in [-0.2, 0) is 4.52 Å². The first kappa shape index (κ1) is 17.7. The van der Waals surface area contributed by atoms with Crippen LogP contribution in [0.25, 0.3) is 0 Å². The molecule has 1 N–H and O–H groups in total. The van der Waals surface area contributed by atoms with Crippen molar-refractivity contribution in [2.24, 2.45) is 0 Å². The third kappa shape index (κ3) is 16.7. The van der Waals surface area contributed by atoms with Crippen molar-refractivity contribution in [2.75, 3.05) is 6.61 Å². The Morgan fingerprint density at radius 3 is 1.65 bits per heavy atom. The van der Waals surface area contributed by atoms with Crippen molar-refractivity contribution in [2.45, 2.75) is 77.6 Å². The van der Waals surface area contributed by atoms with Gasteiger partial charge in [0.1, 0.15) is 0 Å². The van der Waals surface area contributed by atoms with E-state index in [1.807, 2.05) is 0 Å². The monoisotopic (exact) mass is 280 g/mol. The maximum Gasteiger partial charge on any atom is 0.232 e. The van der Waals surface area contributed by atoms with E-state index in [0.29, 0.717) is 6.61 Å². The van der Waals surface area contributed by atoms with Gasteiger partial charge in [-0.25, -0.2) is 0 Å². The summed E-state index contributed by atoms with van der Waals surface area (Å²) in [7, 11) is -1.44. The fourth-order valence-electron chi connectivity index (χ4n) is 1.91. The van der Waals surface area contributed by atoms with Crippen LogP contribution in [0.2, 0.25) is 0 Å². The third-order valence-corrected chi connectivity index (χ3v) is 3.71. The van der Waals surface area contributed by atoms with Crippen molar-refractivity contribution in [1.82, 2.24) is 0 Å². The molecule has 0 saturated carbocycles. The Morgan fingerprint density at radius 1 is 0.824 bits per heavy atom. The molecule has 17 heavy (non-hydrogen) atoms. The van der Waals surface area contributed by atoms with Gasteiger partial charge in [-0.2, -0.15) is 0 Å². The summed E-state index contributed by atoms with van der Waals surface area (Å²) in [4.78, 5) is 8.82. The molecule has 0 aromatic carbocycles. The fraction of sp³-hybridized carbons (Fsp3) is 1.00. The third-order valence-electron chi connectivity index (χ3n) is 2.95. The minimum atomic E-state index is -1.44. The Labute approximate surface area is 114 Å². The van der Waals surface area contributed by atoms with Crippen LogP contribution in [-0.4, -0.2) is 11.5 Å². The van der Waals surface area contributed by atoms with Gasteiger partial charge in [-0.1, -0.05) is 83.4 Å². The maximum absolute atomic E-state index is 8.82. The van der Waals surface area contributed by atoms with Gasteiger partial charge in [-0.15, -0.1) is 0 Å². The van der Waals surface area contributed by atoms with Crippen LogP contribution in [0, 0.1) is 0 Å². The quantitative estimate of drug-likeness (QED) is 0.266. The topological polar surface area (TPSA) is 29.5 Å². The molecule has 2 nitrogen and oxygen atoms in total. The second-order valence-corrected chi connectivity index (χ2v) is 6.41. The van der Waals surface area contributed by atoms with Crippen LogP contribution in [0.5, 0.6) is 0 Å². The molecule has 0 aromatic heterocycles. The molecule has 1 unspecified atom stereocenters. The first-order valence-electron chi connectivity index (χ1n) is 7.08. The minimum Gasteiger partial charge on any atom is -0.342 e. The minimum absolute atomic E-state index is 0.655. The molecule has 0 aromatic rings. The number of hydrogen-bond acceptors (Lipinski definition) is 3. The van der Waals surface area contributed by atoms with E-state index in [4.69, 9.17) is 9.42 Å². The van der Waals surface area contributed by atoms with E-state index in [1.165, 1.54) is 64.2 Å². The summed E-state index contributed by atoms with van der Waals surface area (Å²) in [5, 5.41) is 0. The molecule has 0 aliphatic carbocycles. The smallest absolute Gasteiger partial charge is 0.232 e. The molecule has 0 amide bonds. The number of thiol groups is 1. The van der Waals surface area contributed by atoms with E-state index in [-0.39, 0.29) is 0 Å². The van der Waals surface area contributed by atoms with Crippen LogP contribution in [0.3, 0.4) is 0 Å². The van der Waals surface area contributed by atoms with Crippen molar-refractivity contribution >= 4 is 19.8 Å². The van der Waals surface area contributed by atoms with Crippen LogP contribution in [0.1, 0.15) is 77.6 Å². The van der Waals surface area contributed by atoms with E-state index >= 15 is 0 Å². The Hall–Kier alpha value is 0.700. The van der Waals surface area contributed by atoms with Gasteiger partial charge in [0.05, 0.1) is 6.61 Å². The lowest BCUT2D eigenvalue weighted by Gasteiger charge is -2.04. The van der Waals surface area contributed by atoms with Gasteiger partial charge in [-0.05, 0) is 6.42 Å². The highest BCUT2D eigenvalue weighted by molar-refractivity contribution is 8.41. The molecule has 0 aliphatic rings. The predicted octanol–water partition coefficient (Wildman–Crippen LogP) is 5.46. The molecule has 0 radical (unpaired) electrons. The lowest BCUT2D eigenvalue weighted by molar-refractivity contribution is 0.309. The average molecular weight is 280 g/mol. The van der Waals surface area contributed by atoms with Gasteiger partial charge < -0.3 is 9.42 Å². The SMILES string of the molecule is CCCCCCCCCCCCCOP(O)S. The highest BCUT2D eigenvalue weighted by atomic mass is 32.7. The second-order valence-electron chi connectivity index (χ2n) is 4.62. The summed E-state index contributed by atoms with van der Waals surface area (Å²) in [6.45, 7) is 2.92. The van der Waals surface area contributed by atoms with Crippen molar-refractivity contribution in [1.29, 1.82) is 0 Å². The number of rotatable bonds is 13. The van der Waals surface area contributed by atoms with Gasteiger partial charge >= 0.3 is 0 Å². The molecule has 0 bridgehead atoms. The highest BCUT2D eigenvalue weighted by Crippen LogP contribution is 2.36. The maximum atomic E-state index is 8.82. The molecular formula is C13H29O2PS. The molecule has 0 rings (SSSR count). The summed E-state index contributed by atoms with van der Waals surface area (Å²) in [6.07, 6.45) is 14.7. The zero-order chi connectivity index (χ0) is 12.8. The van der Waals surface area contributed by atoms with Crippen molar-refractivity contribution in [3.05, 3.63) is 0 Å². The molecule has 0 spiro atoms. The fourth-order valence-corrected chi connectivity index (χ4v) is 2.45. The van der Waals surface area contributed by atoms with Gasteiger partial charge in [0, 0.05) is 0 Å². The molecule has 104 valence electrons. The first-order chi connectivity index (χ1) is 8.27. The van der Waals surface area contributed by atoms with Crippen LogP contribution in [0.15, 0.2) is 0 Å². The highest BCUT2D eigenvalue weighted by Gasteiger charge is 1.96. The summed E-state index contributed by atoms with van der Waals surface area (Å²) >= 11 is 3.80. The molecular weight excluding hydrogens is 251 g/mol. The summed E-state index contributed by atoms with van der Waals surface area (Å²) in [6, 6.07) is 0. The number of unbranched alkanes of at least 4 members (excludes halogenated alkanes) is 10. The largest absolute Gasteiger partial charge is 0.342 e. The molecule has 0 aliphatic heterocycles. The van der Waals surface area contributed by atoms with Crippen LogP contribution < -0.4 is 0 Å². The molecule has 0 heterocycles.